The van der Waals surface area contributed by atoms with E-state index >= 15 is 0 Å². The minimum absolute atomic E-state index is 0.799. The Labute approximate surface area is 137 Å². The first-order valence-corrected chi connectivity index (χ1v) is 8.54. The van der Waals surface area contributed by atoms with Crippen molar-refractivity contribution >= 4 is 23.4 Å². The molecule has 0 aromatic heterocycles. The van der Waals surface area contributed by atoms with Gasteiger partial charge in [0.1, 0.15) is 0 Å². The molecule has 1 N–H and O–H groups in total. The summed E-state index contributed by atoms with van der Waals surface area (Å²) >= 11 is 7.97. The Balaban J connectivity index is 2.22. The van der Waals surface area contributed by atoms with Crippen LogP contribution >= 0.6 is 23.4 Å². The summed E-state index contributed by atoms with van der Waals surface area (Å²) in [5.41, 5.74) is 3.89. The van der Waals surface area contributed by atoms with E-state index in [2.05, 4.69) is 56.4 Å². The zero-order chi connectivity index (χ0) is 15.2. The molecule has 0 aliphatic carbocycles. The zero-order valence-corrected chi connectivity index (χ0v) is 14.4. The van der Waals surface area contributed by atoms with E-state index < -0.39 is 0 Å². The summed E-state index contributed by atoms with van der Waals surface area (Å²) in [4.78, 5) is 2.58. The highest BCUT2D eigenvalue weighted by molar-refractivity contribution is 7.99. The first-order chi connectivity index (χ1) is 10.1. The van der Waals surface area contributed by atoms with Gasteiger partial charge in [0.2, 0.25) is 0 Å². The quantitative estimate of drug-likeness (QED) is 0.695. The number of hydrogen-bond acceptors (Lipinski definition) is 2. The van der Waals surface area contributed by atoms with Gasteiger partial charge in [0.05, 0.1) is 0 Å². The molecule has 0 aliphatic heterocycles. The molecule has 0 bridgehead atoms. The van der Waals surface area contributed by atoms with E-state index in [1.54, 1.807) is 0 Å². The molecule has 0 heterocycles. The van der Waals surface area contributed by atoms with Crippen molar-refractivity contribution < 1.29 is 0 Å². The van der Waals surface area contributed by atoms with E-state index in [1.165, 1.54) is 26.5 Å². The molecule has 0 saturated heterocycles. The lowest BCUT2D eigenvalue weighted by Gasteiger charge is -2.12. The van der Waals surface area contributed by atoms with Gasteiger partial charge in [-0.05, 0) is 62.2 Å². The van der Waals surface area contributed by atoms with Gasteiger partial charge in [-0.3, -0.25) is 0 Å². The fourth-order valence-electron chi connectivity index (χ4n) is 2.22. The third-order valence-electron chi connectivity index (χ3n) is 3.32. The summed E-state index contributed by atoms with van der Waals surface area (Å²) in [6, 6.07) is 12.8. The van der Waals surface area contributed by atoms with Crippen LogP contribution in [0.4, 0.5) is 0 Å². The smallest absolute Gasteiger partial charge is 0.0410 e. The molecular formula is C18H22ClNS. The predicted molar refractivity (Wildman–Crippen MR) is 93.5 cm³/mol. The lowest BCUT2D eigenvalue weighted by molar-refractivity contribution is 0.669. The number of benzene rings is 2. The molecule has 2 rings (SSSR count). The second kappa shape index (κ2) is 7.88. The van der Waals surface area contributed by atoms with Crippen molar-refractivity contribution in [1.82, 2.24) is 5.32 Å². The second-order valence-electron chi connectivity index (χ2n) is 5.30. The van der Waals surface area contributed by atoms with Crippen molar-refractivity contribution in [3.8, 4) is 0 Å². The Hall–Kier alpha value is -0.960. The highest BCUT2D eigenvalue weighted by atomic mass is 35.5. The molecule has 0 saturated carbocycles. The SMILES string of the molecule is CCCNCc1cc(Cl)ccc1Sc1ccc(C)cc1C. The molecule has 0 radical (unpaired) electrons. The van der Waals surface area contributed by atoms with Crippen LogP contribution in [0.1, 0.15) is 30.0 Å². The van der Waals surface area contributed by atoms with Crippen molar-refractivity contribution in [1.29, 1.82) is 0 Å². The summed E-state index contributed by atoms with van der Waals surface area (Å²) in [5, 5.41) is 4.26. The van der Waals surface area contributed by atoms with E-state index in [-0.39, 0.29) is 0 Å². The van der Waals surface area contributed by atoms with E-state index in [0.29, 0.717) is 0 Å². The summed E-state index contributed by atoms with van der Waals surface area (Å²) in [6.45, 7) is 8.36. The van der Waals surface area contributed by atoms with E-state index in [4.69, 9.17) is 11.6 Å². The highest BCUT2D eigenvalue weighted by Crippen LogP contribution is 2.34. The van der Waals surface area contributed by atoms with Crippen molar-refractivity contribution in [3.63, 3.8) is 0 Å². The molecule has 0 spiro atoms. The molecule has 0 amide bonds. The van der Waals surface area contributed by atoms with E-state index in [9.17, 15) is 0 Å². The maximum absolute atomic E-state index is 6.15. The lowest BCUT2D eigenvalue weighted by Crippen LogP contribution is -2.14. The van der Waals surface area contributed by atoms with Crippen LogP contribution in [-0.4, -0.2) is 6.54 Å². The van der Waals surface area contributed by atoms with E-state index in [1.807, 2.05) is 17.8 Å². The molecule has 0 unspecified atom stereocenters. The molecule has 112 valence electrons. The van der Waals surface area contributed by atoms with Gasteiger partial charge < -0.3 is 5.32 Å². The van der Waals surface area contributed by atoms with Gasteiger partial charge in [0.25, 0.3) is 0 Å². The Kier molecular flexibility index (Phi) is 6.16. The van der Waals surface area contributed by atoms with Crippen molar-refractivity contribution in [2.45, 2.75) is 43.5 Å². The highest BCUT2D eigenvalue weighted by Gasteiger charge is 2.07. The largest absolute Gasteiger partial charge is 0.313 e. The molecule has 1 nitrogen and oxygen atoms in total. The number of nitrogens with one attached hydrogen (secondary N) is 1. The van der Waals surface area contributed by atoms with E-state index in [0.717, 1.165) is 24.5 Å². The van der Waals surface area contributed by atoms with Gasteiger partial charge in [-0.2, -0.15) is 0 Å². The van der Waals surface area contributed by atoms with Gasteiger partial charge in [-0.15, -0.1) is 0 Å². The number of halogens is 1. The molecule has 0 aliphatic rings. The van der Waals surface area contributed by atoms with Crippen molar-refractivity contribution in [2.24, 2.45) is 0 Å². The van der Waals surface area contributed by atoms with Crippen molar-refractivity contribution in [2.75, 3.05) is 6.54 Å². The average molecular weight is 320 g/mol. The van der Waals surface area contributed by atoms with Gasteiger partial charge in [0.15, 0.2) is 0 Å². The van der Waals surface area contributed by atoms with Crippen LogP contribution in [0.15, 0.2) is 46.2 Å². The van der Waals surface area contributed by atoms with Gasteiger partial charge in [-0.1, -0.05) is 48.0 Å². The Morgan fingerprint density at radius 2 is 1.81 bits per heavy atom. The van der Waals surface area contributed by atoms with Crippen LogP contribution in [-0.2, 0) is 6.54 Å². The predicted octanol–water partition coefficient (Wildman–Crippen LogP) is 5.61. The van der Waals surface area contributed by atoms with Crippen LogP contribution < -0.4 is 5.32 Å². The summed E-state index contributed by atoms with van der Waals surface area (Å²) in [5.74, 6) is 0. The summed E-state index contributed by atoms with van der Waals surface area (Å²) < 4.78 is 0. The van der Waals surface area contributed by atoms with Crippen molar-refractivity contribution in [3.05, 3.63) is 58.1 Å². The fraction of sp³-hybridized carbons (Fsp3) is 0.333. The maximum Gasteiger partial charge on any atom is 0.0410 e. The monoisotopic (exact) mass is 319 g/mol. The van der Waals surface area contributed by atoms with Crippen LogP contribution in [0.5, 0.6) is 0 Å². The molecule has 2 aromatic carbocycles. The first-order valence-electron chi connectivity index (χ1n) is 7.34. The minimum Gasteiger partial charge on any atom is -0.313 e. The Morgan fingerprint density at radius 1 is 1.05 bits per heavy atom. The average Bonchev–Trinajstić information content (AvgIpc) is 2.44. The second-order valence-corrected chi connectivity index (χ2v) is 6.82. The summed E-state index contributed by atoms with van der Waals surface area (Å²) in [7, 11) is 0. The molecule has 21 heavy (non-hydrogen) atoms. The molecule has 0 atom stereocenters. The Morgan fingerprint density at radius 3 is 2.52 bits per heavy atom. The normalized spacial score (nSPS) is 10.9. The molecule has 0 fully saturated rings. The van der Waals surface area contributed by atoms with Gasteiger partial charge in [0, 0.05) is 21.4 Å². The van der Waals surface area contributed by atoms with Gasteiger partial charge in [-0.25, -0.2) is 0 Å². The van der Waals surface area contributed by atoms with Crippen LogP contribution in [0.25, 0.3) is 0 Å². The Bertz CT molecular complexity index is 610. The summed E-state index contributed by atoms with van der Waals surface area (Å²) in [6.07, 6.45) is 1.14. The minimum atomic E-state index is 0.799. The van der Waals surface area contributed by atoms with Gasteiger partial charge >= 0.3 is 0 Å². The van der Waals surface area contributed by atoms with Crippen LogP contribution in [0.3, 0.4) is 0 Å². The zero-order valence-electron chi connectivity index (χ0n) is 12.9. The van der Waals surface area contributed by atoms with Crippen LogP contribution in [0.2, 0.25) is 5.02 Å². The third-order valence-corrected chi connectivity index (χ3v) is 4.85. The fourth-order valence-corrected chi connectivity index (χ4v) is 3.40. The molecule has 2 aromatic rings. The number of hydrogen-bond donors (Lipinski definition) is 1. The standard InChI is InChI=1S/C18H22ClNS/c1-4-9-20-12-15-11-16(19)6-8-18(15)21-17-7-5-13(2)10-14(17)3/h5-8,10-11,20H,4,9,12H2,1-3H3. The number of rotatable bonds is 6. The number of aryl methyl sites for hydroxylation is 2. The third kappa shape index (κ3) is 4.77. The molecule has 3 heteroatoms. The maximum atomic E-state index is 6.15. The molecular weight excluding hydrogens is 298 g/mol. The first kappa shape index (κ1) is 16.4. The topological polar surface area (TPSA) is 12.0 Å². The van der Waals surface area contributed by atoms with Crippen LogP contribution in [0, 0.1) is 13.8 Å². The lowest BCUT2D eigenvalue weighted by atomic mass is 10.2.